The minimum Gasteiger partial charge on any atom is -0.444 e. The molecule has 116 valence electrons. The molecule has 0 saturated heterocycles. The fourth-order valence-corrected chi connectivity index (χ4v) is 2.56. The minimum atomic E-state index is -0.759. The first-order valence-corrected chi connectivity index (χ1v) is 8.22. The Hall–Kier alpha value is -1.49. The van der Waals surface area contributed by atoms with Crippen LogP contribution in [0.3, 0.4) is 0 Å². The maximum atomic E-state index is 12.1. The average Bonchev–Trinajstić information content (AvgIpc) is 2.42. The Morgan fingerprint density at radius 1 is 1.29 bits per heavy atom. The van der Waals surface area contributed by atoms with Crippen molar-refractivity contribution in [3.8, 4) is 0 Å². The average molecular weight is 309 g/mol. The summed E-state index contributed by atoms with van der Waals surface area (Å²) in [6.07, 6.45) is 4.01. The number of ether oxygens (including phenoxy) is 1. The van der Waals surface area contributed by atoms with Crippen molar-refractivity contribution in [2.45, 2.75) is 50.0 Å². The van der Waals surface area contributed by atoms with Crippen molar-refractivity contribution in [1.29, 1.82) is 0 Å². The van der Waals surface area contributed by atoms with Crippen LogP contribution in [0.2, 0.25) is 0 Å². The summed E-state index contributed by atoms with van der Waals surface area (Å²) in [7, 11) is 0. The quantitative estimate of drug-likeness (QED) is 0.447. The lowest BCUT2D eigenvalue weighted by Crippen LogP contribution is -2.30. The highest BCUT2D eigenvalue weighted by Crippen LogP contribution is 2.20. The van der Waals surface area contributed by atoms with Gasteiger partial charge in [-0.2, -0.15) is 0 Å². The topological polar surface area (TPSA) is 69.4 Å². The van der Waals surface area contributed by atoms with Crippen LogP contribution in [0.4, 0.5) is 4.79 Å². The molecule has 1 aromatic carbocycles. The van der Waals surface area contributed by atoms with Crippen molar-refractivity contribution < 1.29 is 14.3 Å². The van der Waals surface area contributed by atoms with E-state index < -0.39 is 11.7 Å². The molecule has 0 fully saturated rings. The fourth-order valence-electron chi connectivity index (χ4n) is 2.10. The van der Waals surface area contributed by atoms with E-state index in [0.717, 1.165) is 23.3 Å². The predicted octanol–water partition coefficient (Wildman–Crippen LogP) is 4.03. The van der Waals surface area contributed by atoms with Crippen LogP contribution in [0, 0.1) is 0 Å². The van der Waals surface area contributed by atoms with Crippen molar-refractivity contribution >= 4 is 23.6 Å². The van der Waals surface area contributed by atoms with Gasteiger partial charge < -0.3 is 10.5 Å². The Labute approximate surface area is 130 Å². The summed E-state index contributed by atoms with van der Waals surface area (Å²) in [6, 6.07) is 7.67. The summed E-state index contributed by atoms with van der Waals surface area (Å²) in [5.41, 5.74) is 5.20. The number of carbonyl (C=O) groups excluding carboxylic acids is 2. The van der Waals surface area contributed by atoms with Crippen molar-refractivity contribution in [2.75, 3.05) is 6.26 Å². The number of nitrogens with two attached hydrogens (primary N) is 1. The molecule has 1 amide bonds. The second-order valence-electron chi connectivity index (χ2n) is 5.54. The Morgan fingerprint density at radius 2 is 2.00 bits per heavy atom. The van der Waals surface area contributed by atoms with E-state index in [-0.39, 0.29) is 5.78 Å². The molecule has 0 bridgehead atoms. The van der Waals surface area contributed by atoms with E-state index in [0.29, 0.717) is 12.8 Å². The van der Waals surface area contributed by atoms with Gasteiger partial charge in [0.2, 0.25) is 0 Å². The number of rotatable bonds is 8. The van der Waals surface area contributed by atoms with Crippen LogP contribution in [-0.4, -0.2) is 23.7 Å². The Bertz CT molecular complexity index is 500. The standard InChI is InChI=1S/C16H23NO3S/c1-16(2,20-15(17)19)10-5-4-9-14(18)12-7-6-8-13(11-12)21-3/h6-8,11H,4-5,9-10H2,1-3H3,(H2,17,19). The van der Waals surface area contributed by atoms with Crippen molar-refractivity contribution in [3.63, 3.8) is 0 Å². The van der Waals surface area contributed by atoms with Crippen LogP contribution in [0.25, 0.3) is 0 Å². The zero-order valence-electron chi connectivity index (χ0n) is 12.8. The van der Waals surface area contributed by atoms with Gasteiger partial charge in [-0.05, 0) is 51.5 Å². The number of thioether (sulfide) groups is 1. The molecule has 0 saturated carbocycles. The lowest BCUT2D eigenvalue weighted by Gasteiger charge is -2.23. The van der Waals surface area contributed by atoms with Crippen LogP contribution >= 0.6 is 11.8 Å². The van der Waals surface area contributed by atoms with E-state index in [2.05, 4.69) is 0 Å². The van der Waals surface area contributed by atoms with Gasteiger partial charge in [0.05, 0.1) is 0 Å². The highest BCUT2D eigenvalue weighted by Gasteiger charge is 2.21. The molecule has 1 aromatic rings. The maximum Gasteiger partial charge on any atom is 0.405 e. The molecular weight excluding hydrogens is 286 g/mol. The van der Waals surface area contributed by atoms with Crippen molar-refractivity contribution in [1.82, 2.24) is 0 Å². The lowest BCUT2D eigenvalue weighted by molar-refractivity contribution is 0.0370. The SMILES string of the molecule is CSc1cccc(C(=O)CCCCC(C)(C)OC(N)=O)c1. The largest absolute Gasteiger partial charge is 0.444 e. The van der Waals surface area contributed by atoms with Gasteiger partial charge in [-0.25, -0.2) is 4.79 Å². The zero-order valence-corrected chi connectivity index (χ0v) is 13.7. The molecular formula is C16H23NO3S. The Kier molecular flexibility index (Phi) is 6.75. The smallest absolute Gasteiger partial charge is 0.405 e. The highest BCUT2D eigenvalue weighted by atomic mass is 32.2. The molecule has 0 aromatic heterocycles. The number of hydrogen-bond donors (Lipinski definition) is 1. The van der Waals surface area contributed by atoms with E-state index in [9.17, 15) is 9.59 Å². The fraction of sp³-hybridized carbons (Fsp3) is 0.500. The molecule has 0 atom stereocenters. The van der Waals surface area contributed by atoms with E-state index in [4.69, 9.17) is 10.5 Å². The summed E-state index contributed by atoms with van der Waals surface area (Å²) < 4.78 is 5.01. The van der Waals surface area contributed by atoms with E-state index in [1.807, 2.05) is 44.4 Å². The number of unbranched alkanes of at least 4 members (excludes halogenated alkanes) is 1. The molecule has 4 nitrogen and oxygen atoms in total. The Balaban J connectivity index is 2.38. The number of amides is 1. The molecule has 0 spiro atoms. The van der Waals surface area contributed by atoms with Gasteiger partial charge in [0.15, 0.2) is 5.78 Å². The van der Waals surface area contributed by atoms with Gasteiger partial charge in [0.25, 0.3) is 0 Å². The number of hydrogen-bond acceptors (Lipinski definition) is 4. The van der Waals surface area contributed by atoms with E-state index >= 15 is 0 Å². The van der Waals surface area contributed by atoms with Crippen LogP contribution in [0.1, 0.15) is 49.9 Å². The summed E-state index contributed by atoms with van der Waals surface area (Å²) in [5, 5.41) is 0. The lowest BCUT2D eigenvalue weighted by atomic mass is 9.98. The molecule has 0 aliphatic rings. The normalized spacial score (nSPS) is 11.2. The molecule has 0 aliphatic heterocycles. The van der Waals surface area contributed by atoms with Gasteiger partial charge in [-0.1, -0.05) is 12.1 Å². The summed E-state index contributed by atoms with van der Waals surface area (Å²) in [6.45, 7) is 3.64. The number of carbonyl (C=O) groups is 2. The van der Waals surface area contributed by atoms with Crippen molar-refractivity contribution in [3.05, 3.63) is 29.8 Å². The number of Topliss-reactive ketones (excluding diaryl/α,β-unsaturated/α-hetero) is 1. The number of ketones is 1. The Morgan fingerprint density at radius 3 is 2.62 bits per heavy atom. The number of benzene rings is 1. The van der Waals surface area contributed by atoms with Crippen LogP contribution in [-0.2, 0) is 4.74 Å². The molecule has 21 heavy (non-hydrogen) atoms. The molecule has 0 radical (unpaired) electrons. The van der Waals surface area contributed by atoms with Gasteiger partial charge in [0, 0.05) is 16.9 Å². The highest BCUT2D eigenvalue weighted by molar-refractivity contribution is 7.98. The van der Waals surface area contributed by atoms with Crippen LogP contribution in [0.15, 0.2) is 29.2 Å². The maximum absolute atomic E-state index is 12.1. The molecule has 0 aliphatic carbocycles. The summed E-state index contributed by atoms with van der Waals surface area (Å²) >= 11 is 1.63. The predicted molar refractivity (Wildman–Crippen MR) is 85.8 cm³/mol. The van der Waals surface area contributed by atoms with Gasteiger partial charge >= 0.3 is 6.09 Å². The molecule has 2 N–H and O–H groups in total. The van der Waals surface area contributed by atoms with E-state index in [1.54, 1.807) is 11.8 Å². The van der Waals surface area contributed by atoms with Gasteiger partial charge in [-0.3, -0.25) is 4.79 Å². The van der Waals surface area contributed by atoms with Crippen molar-refractivity contribution in [2.24, 2.45) is 5.73 Å². The summed E-state index contributed by atoms with van der Waals surface area (Å²) in [4.78, 5) is 23.9. The first kappa shape index (κ1) is 17.6. The molecule has 0 heterocycles. The zero-order chi connectivity index (χ0) is 15.9. The summed E-state index contributed by atoms with van der Waals surface area (Å²) in [5.74, 6) is 0.152. The van der Waals surface area contributed by atoms with Crippen LogP contribution in [0.5, 0.6) is 0 Å². The molecule has 0 unspecified atom stereocenters. The third-order valence-corrected chi connectivity index (χ3v) is 3.93. The second-order valence-corrected chi connectivity index (χ2v) is 6.42. The van der Waals surface area contributed by atoms with E-state index in [1.165, 1.54) is 0 Å². The number of primary amides is 1. The first-order chi connectivity index (χ1) is 9.84. The minimum absolute atomic E-state index is 0.152. The monoisotopic (exact) mass is 309 g/mol. The van der Waals surface area contributed by atoms with Gasteiger partial charge in [0.1, 0.15) is 5.60 Å². The molecule has 5 heteroatoms. The first-order valence-electron chi connectivity index (χ1n) is 7.00. The molecule has 1 rings (SSSR count). The van der Waals surface area contributed by atoms with Crippen LogP contribution < -0.4 is 5.73 Å². The second kappa shape index (κ2) is 8.08. The van der Waals surface area contributed by atoms with Gasteiger partial charge in [-0.15, -0.1) is 11.8 Å². The third kappa shape index (κ3) is 6.67. The third-order valence-electron chi connectivity index (χ3n) is 3.20.